The highest BCUT2D eigenvalue weighted by molar-refractivity contribution is 5.47. The summed E-state index contributed by atoms with van der Waals surface area (Å²) in [4.78, 5) is 0. The molecule has 2 aromatic carbocycles. The Kier molecular flexibility index (Phi) is 4.51. The van der Waals surface area contributed by atoms with Crippen molar-refractivity contribution >= 4 is 5.69 Å². The van der Waals surface area contributed by atoms with Crippen molar-refractivity contribution in [2.24, 2.45) is 0 Å². The molecular weight excluding hydrogens is 262 g/mol. The summed E-state index contributed by atoms with van der Waals surface area (Å²) in [7, 11) is 0. The van der Waals surface area contributed by atoms with Gasteiger partial charge in [0.1, 0.15) is 5.75 Å². The molecule has 0 unspecified atom stereocenters. The van der Waals surface area contributed by atoms with Crippen LogP contribution in [0.15, 0.2) is 48.5 Å². The second kappa shape index (κ2) is 6.53. The zero-order valence-electron chi connectivity index (χ0n) is 10.5. The zero-order chi connectivity index (χ0) is 14.4. The first-order chi connectivity index (χ1) is 9.67. The van der Waals surface area contributed by atoms with Crippen LogP contribution in [0.25, 0.3) is 0 Å². The number of nitrogens with zero attached hydrogens (tertiary/aromatic N) is 1. The molecule has 2 aromatic rings. The predicted molar refractivity (Wildman–Crippen MR) is 71.6 cm³/mol. The summed E-state index contributed by atoms with van der Waals surface area (Å²) in [5.74, 6) is 0.122. The van der Waals surface area contributed by atoms with Crippen LogP contribution < -0.4 is 10.1 Å². The Bertz CT molecular complexity index is 606. The van der Waals surface area contributed by atoms with E-state index in [0.717, 1.165) is 11.3 Å². The van der Waals surface area contributed by atoms with Gasteiger partial charge in [-0.05, 0) is 42.0 Å². The highest BCUT2D eigenvalue weighted by Crippen LogP contribution is 2.18. The van der Waals surface area contributed by atoms with Crippen LogP contribution in [-0.2, 0) is 6.54 Å². The molecule has 0 saturated carbocycles. The van der Waals surface area contributed by atoms with Crippen molar-refractivity contribution in [3.63, 3.8) is 0 Å². The molecule has 0 amide bonds. The van der Waals surface area contributed by atoms with Crippen LogP contribution >= 0.6 is 0 Å². The van der Waals surface area contributed by atoms with Crippen LogP contribution in [-0.4, -0.2) is 6.61 Å². The van der Waals surface area contributed by atoms with Gasteiger partial charge in [-0.25, -0.2) is 0 Å². The van der Waals surface area contributed by atoms with Crippen molar-refractivity contribution in [1.82, 2.24) is 0 Å². The first-order valence-corrected chi connectivity index (χ1v) is 5.95. The third-order valence-corrected chi connectivity index (χ3v) is 2.63. The van der Waals surface area contributed by atoms with E-state index in [1.165, 1.54) is 12.1 Å². The Morgan fingerprint density at radius 1 is 1.15 bits per heavy atom. The average Bonchev–Trinajstić information content (AvgIpc) is 2.46. The molecule has 1 N–H and O–H groups in total. The second-order valence-corrected chi connectivity index (χ2v) is 4.07. The van der Waals surface area contributed by atoms with E-state index in [1.54, 1.807) is 24.3 Å². The molecule has 0 fully saturated rings. The maximum Gasteiger partial charge on any atom is 0.387 e. The average molecular weight is 274 g/mol. The van der Waals surface area contributed by atoms with Gasteiger partial charge in [0.25, 0.3) is 0 Å². The molecule has 0 atom stereocenters. The lowest BCUT2D eigenvalue weighted by atomic mass is 10.1. The molecule has 0 heterocycles. The molecule has 0 bridgehead atoms. The molecule has 0 spiro atoms. The molecule has 102 valence electrons. The number of halogens is 2. The summed E-state index contributed by atoms with van der Waals surface area (Å²) in [6.45, 7) is -2.27. The summed E-state index contributed by atoms with van der Waals surface area (Å²) in [6, 6.07) is 15.6. The topological polar surface area (TPSA) is 45.0 Å². The van der Waals surface area contributed by atoms with Gasteiger partial charge in [0.15, 0.2) is 0 Å². The lowest BCUT2D eigenvalue weighted by Crippen LogP contribution is -2.02. The number of nitriles is 1. The van der Waals surface area contributed by atoms with E-state index in [9.17, 15) is 8.78 Å². The van der Waals surface area contributed by atoms with Gasteiger partial charge in [-0.15, -0.1) is 0 Å². The minimum Gasteiger partial charge on any atom is -0.435 e. The van der Waals surface area contributed by atoms with Gasteiger partial charge in [-0.2, -0.15) is 14.0 Å². The standard InChI is InChI=1S/C15H12F2N2O/c16-15(17)20-14-6-4-13(5-7-14)19-10-12-3-1-2-11(8-12)9-18/h1-8,15,19H,10H2. The van der Waals surface area contributed by atoms with E-state index in [2.05, 4.69) is 16.1 Å². The lowest BCUT2D eigenvalue weighted by Gasteiger charge is -2.08. The number of alkyl halides is 2. The molecule has 0 aliphatic heterocycles. The summed E-state index contributed by atoms with van der Waals surface area (Å²) in [5, 5.41) is 11.9. The predicted octanol–water partition coefficient (Wildman–Crippen LogP) is 3.77. The third kappa shape index (κ3) is 3.95. The molecule has 20 heavy (non-hydrogen) atoms. The van der Waals surface area contributed by atoms with E-state index in [4.69, 9.17) is 5.26 Å². The van der Waals surface area contributed by atoms with Gasteiger partial charge in [-0.1, -0.05) is 12.1 Å². The Morgan fingerprint density at radius 2 is 1.90 bits per heavy atom. The van der Waals surface area contributed by atoms with Gasteiger partial charge in [0.2, 0.25) is 0 Å². The largest absolute Gasteiger partial charge is 0.435 e. The minimum atomic E-state index is -2.82. The van der Waals surface area contributed by atoms with Crippen molar-refractivity contribution in [1.29, 1.82) is 5.26 Å². The van der Waals surface area contributed by atoms with E-state index < -0.39 is 6.61 Å². The summed E-state index contributed by atoms with van der Waals surface area (Å²) >= 11 is 0. The highest BCUT2D eigenvalue weighted by Gasteiger charge is 2.03. The summed E-state index contributed by atoms with van der Waals surface area (Å²) in [5.41, 5.74) is 2.36. The molecule has 2 rings (SSSR count). The third-order valence-electron chi connectivity index (χ3n) is 2.63. The Hall–Kier alpha value is -2.61. The zero-order valence-corrected chi connectivity index (χ0v) is 10.5. The number of hydrogen-bond acceptors (Lipinski definition) is 3. The first kappa shape index (κ1) is 13.8. The molecule has 0 saturated heterocycles. The number of anilines is 1. The second-order valence-electron chi connectivity index (χ2n) is 4.07. The molecule has 0 radical (unpaired) electrons. The first-order valence-electron chi connectivity index (χ1n) is 5.95. The van der Waals surface area contributed by atoms with Crippen LogP contribution in [0.5, 0.6) is 5.75 Å². The van der Waals surface area contributed by atoms with Crippen LogP contribution in [0.4, 0.5) is 14.5 Å². The maximum absolute atomic E-state index is 12.0. The van der Waals surface area contributed by atoms with Crippen LogP contribution in [0.1, 0.15) is 11.1 Å². The van der Waals surface area contributed by atoms with Gasteiger partial charge in [-0.3, -0.25) is 0 Å². The monoisotopic (exact) mass is 274 g/mol. The quantitative estimate of drug-likeness (QED) is 0.902. The summed E-state index contributed by atoms with van der Waals surface area (Å²) < 4.78 is 28.3. The summed E-state index contributed by atoms with van der Waals surface area (Å²) in [6.07, 6.45) is 0. The van der Waals surface area contributed by atoms with Crippen molar-refractivity contribution in [2.75, 3.05) is 5.32 Å². The fourth-order valence-corrected chi connectivity index (χ4v) is 1.71. The van der Waals surface area contributed by atoms with Gasteiger partial charge in [0, 0.05) is 12.2 Å². The molecule has 0 aromatic heterocycles. The normalized spacial score (nSPS) is 10.1. The molecule has 0 aliphatic rings. The van der Waals surface area contributed by atoms with Crippen LogP contribution in [0, 0.1) is 11.3 Å². The maximum atomic E-state index is 12.0. The fourth-order valence-electron chi connectivity index (χ4n) is 1.71. The van der Waals surface area contributed by atoms with Crippen molar-refractivity contribution in [2.45, 2.75) is 13.2 Å². The molecule has 5 heteroatoms. The van der Waals surface area contributed by atoms with Crippen molar-refractivity contribution in [3.8, 4) is 11.8 Å². The SMILES string of the molecule is N#Cc1cccc(CNc2ccc(OC(F)F)cc2)c1. The van der Waals surface area contributed by atoms with Gasteiger partial charge in [0.05, 0.1) is 11.6 Å². The van der Waals surface area contributed by atoms with Gasteiger partial charge >= 0.3 is 6.61 Å². The van der Waals surface area contributed by atoms with Gasteiger partial charge < -0.3 is 10.1 Å². The Morgan fingerprint density at radius 3 is 2.55 bits per heavy atom. The number of nitrogens with one attached hydrogen (secondary N) is 1. The fraction of sp³-hybridized carbons (Fsp3) is 0.133. The van der Waals surface area contributed by atoms with Crippen LogP contribution in [0.3, 0.4) is 0 Å². The van der Waals surface area contributed by atoms with Crippen LogP contribution in [0.2, 0.25) is 0 Å². The molecule has 3 nitrogen and oxygen atoms in total. The Labute approximate surface area is 115 Å². The van der Waals surface area contributed by atoms with Crippen molar-refractivity contribution in [3.05, 3.63) is 59.7 Å². The minimum absolute atomic E-state index is 0.122. The van der Waals surface area contributed by atoms with E-state index in [0.29, 0.717) is 12.1 Å². The Balaban J connectivity index is 1.95. The highest BCUT2D eigenvalue weighted by atomic mass is 19.3. The molecule has 0 aliphatic carbocycles. The number of ether oxygens (including phenoxy) is 1. The smallest absolute Gasteiger partial charge is 0.387 e. The van der Waals surface area contributed by atoms with E-state index in [1.807, 2.05) is 12.1 Å². The number of benzene rings is 2. The van der Waals surface area contributed by atoms with E-state index >= 15 is 0 Å². The number of hydrogen-bond donors (Lipinski definition) is 1. The number of rotatable bonds is 5. The van der Waals surface area contributed by atoms with Crippen molar-refractivity contribution < 1.29 is 13.5 Å². The molecular formula is C15H12F2N2O. The van der Waals surface area contributed by atoms with E-state index in [-0.39, 0.29) is 5.75 Å². The lowest BCUT2D eigenvalue weighted by molar-refractivity contribution is -0.0498.